The Morgan fingerprint density at radius 1 is 1.14 bits per heavy atom. The second kappa shape index (κ2) is 12.0. The van der Waals surface area contributed by atoms with E-state index < -0.39 is 0 Å². The minimum Gasteiger partial charge on any atom is -0.491 e. The summed E-state index contributed by atoms with van der Waals surface area (Å²) in [5.41, 5.74) is 1.10. The SMILES string of the molecule is C=CCN(C)CCNCCNc1ccc(OCCOC)cc1. The molecule has 0 saturated heterocycles. The van der Waals surface area contributed by atoms with Gasteiger partial charge in [-0.1, -0.05) is 6.08 Å². The zero-order valence-corrected chi connectivity index (χ0v) is 13.8. The predicted octanol–water partition coefficient (Wildman–Crippen LogP) is 1.83. The maximum absolute atomic E-state index is 5.52. The molecule has 1 aromatic rings. The Labute approximate surface area is 134 Å². The van der Waals surface area contributed by atoms with E-state index in [2.05, 4.69) is 29.2 Å². The number of hydrogen-bond acceptors (Lipinski definition) is 5. The van der Waals surface area contributed by atoms with Gasteiger partial charge in [0.2, 0.25) is 0 Å². The summed E-state index contributed by atoms with van der Waals surface area (Å²) < 4.78 is 10.5. The summed E-state index contributed by atoms with van der Waals surface area (Å²) in [7, 11) is 3.76. The lowest BCUT2D eigenvalue weighted by molar-refractivity contribution is 0.146. The first kappa shape index (κ1) is 18.5. The van der Waals surface area contributed by atoms with Crippen LogP contribution in [0.4, 0.5) is 5.69 Å². The normalized spacial score (nSPS) is 10.7. The number of likely N-dealkylation sites (N-methyl/N-ethyl adjacent to an activating group) is 1. The topological polar surface area (TPSA) is 45.8 Å². The van der Waals surface area contributed by atoms with Crippen molar-refractivity contribution in [2.75, 3.05) is 65.4 Å². The molecule has 1 aromatic carbocycles. The van der Waals surface area contributed by atoms with Gasteiger partial charge in [0, 0.05) is 45.5 Å². The first-order valence-electron chi connectivity index (χ1n) is 7.72. The van der Waals surface area contributed by atoms with E-state index in [1.54, 1.807) is 7.11 Å². The zero-order chi connectivity index (χ0) is 16.0. The lowest BCUT2D eigenvalue weighted by Gasteiger charge is -2.14. The number of benzene rings is 1. The van der Waals surface area contributed by atoms with Crippen LogP contribution < -0.4 is 15.4 Å². The first-order chi connectivity index (χ1) is 10.8. The van der Waals surface area contributed by atoms with Crippen molar-refractivity contribution >= 4 is 5.69 Å². The van der Waals surface area contributed by atoms with Crippen LogP contribution in [0.25, 0.3) is 0 Å². The molecule has 2 N–H and O–H groups in total. The van der Waals surface area contributed by atoms with Gasteiger partial charge in [0.1, 0.15) is 12.4 Å². The van der Waals surface area contributed by atoms with Gasteiger partial charge in [-0.2, -0.15) is 0 Å². The Morgan fingerprint density at radius 3 is 2.59 bits per heavy atom. The van der Waals surface area contributed by atoms with Crippen LogP contribution in [0.3, 0.4) is 0 Å². The van der Waals surface area contributed by atoms with Crippen LogP contribution in [0.15, 0.2) is 36.9 Å². The van der Waals surface area contributed by atoms with Crippen LogP contribution in [0, 0.1) is 0 Å². The molecule has 0 aliphatic carbocycles. The fourth-order valence-corrected chi connectivity index (χ4v) is 1.91. The summed E-state index contributed by atoms with van der Waals surface area (Å²) in [6.07, 6.45) is 1.92. The third-order valence-corrected chi connectivity index (χ3v) is 3.15. The maximum Gasteiger partial charge on any atom is 0.119 e. The van der Waals surface area contributed by atoms with Crippen LogP contribution in [0.1, 0.15) is 0 Å². The van der Waals surface area contributed by atoms with Gasteiger partial charge >= 0.3 is 0 Å². The monoisotopic (exact) mass is 307 g/mol. The molecule has 0 heterocycles. The van der Waals surface area contributed by atoms with Crippen molar-refractivity contribution in [1.29, 1.82) is 0 Å². The smallest absolute Gasteiger partial charge is 0.119 e. The Balaban J connectivity index is 2.08. The number of rotatable bonds is 13. The molecule has 0 atom stereocenters. The van der Waals surface area contributed by atoms with E-state index in [-0.39, 0.29) is 0 Å². The maximum atomic E-state index is 5.52. The van der Waals surface area contributed by atoms with Crippen LogP contribution >= 0.6 is 0 Å². The number of ether oxygens (including phenoxy) is 2. The number of hydrogen-bond donors (Lipinski definition) is 2. The number of methoxy groups -OCH3 is 1. The average molecular weight is 307 g/mol. The number of anilines is 1. The van der Waals surface area contributed by atoms with Crippen molar-refractivity contribution in [1.82, 2.24) is 10.2 Å². The van der Waals surface area contributed by atoms with E-state index in [1.165, 1.54) is 0 Å². The van der Waals surface area contributed by atoms with Gasteiger partial charge in [-0.05, 0) is 31.3 Å². The molecular formula is C17H29N3O2. The lowest BCUT2D eigenvalue weighted by atomic mass is 10.3. The summed E-state index contributed by atoms with van der Waals surface area (Å²) in [4.78, 5) is 2.23. The molecule has 0 bridgehead atoms. The van der Waals surface area contributed by atoms with Gasteiger partial charge < -0.3 is 25.0 Å². The number of nitrogens with zero attached hydrogens (tertiary/aromatic N) is 1. The number of nitrogens with one attached hydrogen (secondary N) is 2. The summed E-state index contributed by atoms with van der Waals surface area (Å²) >= 11 is 0. The van der Waals surface area contributed by atoms with E-state index in [0.717, 1.165) is 44.2 Å². The summed E-state index contributed by atoms with van der Waals surface area (Å²) in [6.45, 7) is 9.69. The highest BCUT2D eigenvalue weighted by Gasteiger charge is 1.96. The van der Waals surface area contributed by atoms with E-state index >= 15 is 0 Å². The van der Waals surface area contributed by atoms with Crippen molar-refractivity contribution in [3.8, 4) is 5.75 Å². The van der Waals surface area contributed by atoms with Gasteiger partial charge in [-0.15, -0.1) is 6.58 Å². The average Bonchev–Trinajstić information content (AvgIpc) is 2.52. The highest BCUT2D eigenvalue weighted by Crippen LogP contribution is 2.15. The molecule has 0 aromatic heterocycles. The standard InChI is InChI=1S/C17H29N3O2/c1-4-12-20(2)13-11-18-9-10-19-16-5-7-17(8-6-16)22-15-14-21-3/h4-8,18-19H,1,9-15H2,2-3H3. The van der Waals surface area contributed by atoms with Gasteiger partial charge in [-0.3, -0.25) is 0 Å². The lowest BCUT2D eigenvalue weighted by Crippen LogP contribution is -2.31. The molecule has 0 amide bonds. The second-order valence-electron chi connectivity index (χ2n) is 5.09. The second-order valence-corrected chi connectivity index (χ2v) is 5.09. The fourth-order valence-electron chi connectivity index (χ4n) is 1.91. The van der Waals surface area contributed by atoms with Gasteiger partial charge in [0.25, 0.3) is 0 Å². The molecule has 5 heteroatoms. The van der Waals surface area contributed by atoms with Crippen molar-refractivity contribution in [2.45, 2.75) is 0 Å². The largest absolute Gasteiger partial charge is 0.491 e. The van der Waals surface area contributed by atoms with Crippen molar-refractivity contribution in [2.24, 2.45) is 0 Å². The molecule has 0 aliphatic heterocycles. The Bertz CT molecular complexity index is 395. The Hall–Kier alpha value is -1.56. The minimum absolute atomic E-state index is 0.577. The van der Waals surface area contributed by atoms with Crippen molar-refractivity contribution in [3.05, 3.63) is 36.9 Å². The third kappa shape index (κ3) is 8.67. The van der Waals surface area contributed by atoms with E-state index in [4.69, 9.17) is 9.47 Å². The minimum atomic E-state index is 0.577. The summed E-state index contributed by atoms with van der Waals surface area (Å²) in [5.74, 6) is 0.867. The van der Waals surface area contributed by atoms with Crippen molar-refractivity contribution < 1.29 is 9.47 Å². The molecule has 0 aliphatic rings. The quantitative estimate of drug-likeness (QED) is 0.430. The van der Waals surface area contributed by atoms with Crippen molar-refractivity contribution in [3.63, 3.8) is 0 Å². The fraction of sp³-hybridized carbons (Fsp3) is 0.529. The molecule has 0 spiro atoms. The van der Waals surface area contributed by atoms with E-state index in [9.17, 15) is 0 Å². The van der Waals surface area contributed by atoms with Gasteiger partial charge in [0.05, 0.1) is 6.61 Å². The van der Waals surface area contributed by atoms with Crippen LogP contribution in [0.2, 0.25) is 0 Å². The summed E-state index contributed by atoms with van der Waals surface area (Å²) in [5, 5.41) is 6.79. The molecular weight excluding hydrogens is 278 g/mol. The van der Waals surface area contributed by atoms with E-state index in [1.807, 2.05) is 30.3 Å². The highest BCUT2D eigenvalue weighted by molar-refractivity contribution is 5.46. The predicted molar refractivity (Wildman–Crippen MR) is 92.9 cm³/mol. The van der Waals surface area contributed by atoms with Crippen LogP contribution in [-0.4, -0.2) is 65.0 Å². The molecule has 1 rings (SSSR count). The van der Waals surface area contributed by atoms with Gasteiger partial charge in [0.15, 0.2) is 0 Å². The molecule has 0 saturated carbocycles. The molecule has 0 radical (unpaired) electrons. The molecule has 0 fully saturated rings. The zero-order valence-electron chi connectivity index (χ0n) is 13.8. The molecule has 22 heavy (non-hydrogen) atoms. The highest BCUT2D eigenvalue weighted by atomic mass is 16.5. The molecule has 124 valence electrons. The summed E-state index contributed by atoms with van der Waals surface area (Å²) in [6, 6.07) is 7.99. The third-order valence-electron chi connectivity index (χ3n) is 3.15. The molecule has 0 unspecified atom stereocenters. The molecule has 5 nitrogen and oxygen atoms in total. The first-order valence-corrected chi connectivity index (χ1v) is 7.72. The van der Waals surface area contributed by atoms with Crippen LogP contribution in [-0.2, 0) is 4.74 Å². The Kier molecular flexibility index (Phi) is 10.1. The van der Waals surface area contributed by atoms with Gasteiger partial charge in [-0.25, -0.2) is 0 Å². The van der Waals surface area contributed by atoms with Crippen LogP contribution in [0.5, 0.6) is 5.75 Å². The Morgan fingerprint density at radius 2 is 1.91 bits per heavy atom. The van der Waals surface area contributed by atoms with E-state index in [0.29, 0.717) is 13.2 Å².